The molecule has 0 atom stereocenters. The molecule has 0 unspecified atom stereocenters. The minimum Gasteiger partial charge on any atom is -0.310 e. The highest BCUT2D eigenvalue weighted by Gasteiger charge is 2.38. The van der Waals surface area contributed by atoms with Crippen LogP contribution in [0, 0.1) is 0 Å². The minimum absolute atomic E-state index is 0.356. The van der Waals surface area contributed by atoms with E-state index in [2.05, 4.69) is 227 Å². The molecular formula is C63H50N4. The third kappa shape index (κ3) is 5.72. The van der Waals surface area contributed by atoms with Crippen molar-refractivity contribution in [3.8, 4) is 5.69 Å². The molecule has 0 N–H and O–H groups in total. The lowest BCUT2D eigenvalue weighted by atomic mass is 9.74. The molecule has 0 fully saturated rings. The van der Waals surface area contributed by atoms with Gasteiger partial charge in [-0.3, -0.25) is 0 Å². The lowest BCUT2D eigenvalue weighted by Crippen LogP contribution is -2.27. The molecule has 4 heteroatoms. The van der Waals surface area contributed by atoms with Gasteiger partial charge in [0.05, 0.1) is 16.7 Å². The number of para-hydroxylation sites is 6. The molecule has 9 aromatic carbocycles. The molecule has 5 heterocycles. The Morgan fingerprint density at radius 3 is 1.09 bits per heavy atom. The topological polar surface area (TPSA) is 14.7 Å². The number of rotatable bonds is 3. The Labute approximate surface area is 392 Å². The van der Waals surface area contributed by atoms with Gasteiger partial charge in [0.15, 0.2) is 0 Å². The Kier molecular flexibility index (Phi) is 8.37. The van der Waals surface area contributed by atoms with Gasteiger partial charge in [0.25, 0.3) is 0 Å². The van der Waals surface area contributed by atoms with Crippen LogP contribution in [0.4, 0.5) is 51.2 Å². The van der Waals surface area contributed by atoms with Crippen LogP contribution in [0.5, 0.6) is 0 Å². The van der Waals surface area contributed by atoms with Crippen molar-refractivity contribution >= 4 is 73.0 Å². The van der Waals surface area contributed by atoms with E-state index in [4.69, 9.17) is 0 Å². The molecule has 14 rings (SSSR count). The first-order valence-corrected chi connectivity index (χ1v) is 24.1. The molecule has 0 saturated carbocycles. The molecule has 1 aromatic heterocycles. The van der Waals surface area contributed by atoms with E-state index in [1.807, 2.05) is 0 Å². The number of anilines is 9. The molecule has 0 radical (unpaired) electrons. The number of hydrogen-bond acceptors (Lipinski definition) is 3. The molecule has 0 amide bonds. The van der Waals surface area contributed by atoms with E-state index in [1.54, 1.807) is 0 Å². The van der Waals surface area contributed by atoms with Crippen LogP contribution in [-0.2, 0) is 43.9 Å². The van der Waals surface area contributed by atoms with Crippen LogP contribution < -0.4 is 14.7 Å². The third-order valence-electron chi connectivity index (χ3n) is 15.6. The summed E-state index contributed by atoms with van der Waals surface area (Å²) in [4.78, 5) is 7.61. The van der Waals surface area contributed by atoms with Gasteiger partial charge in [0.2, 0.25) is 0 Å². The van der Waals surface area contributed by atoms with Gasteiger partial charge in [-0.1, -0.05) is 123 Å². The van der Waals surface area contributed by atoms with Crippen molar-refractivity contribution < 1.29 is 0 Å². The zero-order valence-electron chi connectivity index (χ0n) is 38.0. The quantitative estimate of drug-likeness (QED) is 0.176. The zero-order chi connectivity index (χ0) is 44.4. The van der Waals surface area contributed by atoms with Gasteiger partial charge >= 0.3 is 0 Å². The SMILES string of the molecule is CC1(C)c2cc(N3c4ccccc4CCc4ccccc43)ccc2-n2c3ccc(N4c5ccccc5CCc5ccccc54)cc3c3cc(N4c5ccccc5CCc5ccccc54)cc1c32. The van der Waals surface area contributed by atoms with E-state index in [0.717, 1.165) is 38.5 Å². The molecule has 322 valence electrons. The van der Waals surface area contributed by atoms with Gasteiger partial charge < -0.3 is 19.3 Å². The average Bonchev–Trinajstić information content (AvgIpc) is 3.49. The van der Waals surface area contributed by atoms with Crippen LogP contribution in [0.15, 0.2) is 194 Å². The zero-order valence-corrected chi connectivity index (χ0v) is 38.0. The summed E-state index contributed by atoms with van der Waals surface area (Å²) in [5.74, 6) is 0. The van der Waals surface area contributed by atoms with E-state index < -0.39 is 0 Å². The first kappa shape index (κ1) is 38.4. The summed E-state index contributed by atoms with van der Waals surface area (Å²) >= 11 is 0. The van der Waals surface area contributed by atoms with Gasteiger partial charge in [-0.25, -0.2) is 0 Å². The normalized spacial score (nSPS) is 15.3. The second-order valence-corrected chi connectivity index (χ2v) is 19.5. The van der Waals surface area contributed by atoms with Crippen molar-refractivity contribution in [2.24, 2.45) is 0 Å². The monoisotopic (exact) mass is 862 g/mol. The summed E-state index contributed by atoms with van der Waals surface area (Å²) in [5, 5.41) is 2.53. The number of nitrogens with zero attached hydrogens (tertiary/aromatic N) is 4. The van der Waals surface area contributed by atoms with Crippen molar-refractivity contribution in [2.75, 3.05) is 14.7 Å². The highest BCUT2D eigenvalue weighted by atomic mass is 15.2. The molecule has 4 aliphatic heterocycles. The highest BCUT2D eigenvalue weighted by Crippen LogP contribution is 2.54. The van der Waals surface area contributed by atoms with E-state index in [1.165, 1.54) is 123 Å². The van der Waals surface area contributed by atoms with E-state index in [0.29, 0.717) is 0 Å². The van der Waals surface area contributed by atoms with Gasteiger partial charge in [-0.2, -0.15) is 0 Å². The van der Waals surface area contributed by atoms with E-state index >= 15 is 0 Å². The minimum atomic E-state index is -0.356. The number of aryl methyl sites for hydroxylation is 6. The van der Waals surface area contributed by atoms with E-state index in [-0.39, 0.29) is 5.41 Å². The molecule has 0 spiro atoms. The molecule has 0 saturated heterocycles. The summed E-state index contributed by atoms with van der Waals surface area (Å²) in [5.41, 5.74) is 25.5. The summed E-state index contributed by atoms with van der Waals surface area (Å²) in [7, 11) is 0. The van der Waals surface area contributed by atoms with Crippen LogP contribution >= 0.6 is 0 Å². The Bertz CT molecular complexity index is 3520. The third-order valence-corrected chi connectivity index (χ3v) is 15.6. The molecule has 0 bridgehead atoms. The first-order chi connectivity index (χ1) is 33.0. The number of aromatic nitrogens is 1. The van der Waals surface area contributed by atoms with Crippen LogP contribution in [0.2, 0.25) is 0 Å². The van der Waals surface area contributed by atoms with Gasteiger partial charge in [-0.15, -0.1) is 0 Å². The molecule has 4 aliphatic rings. The van der Waals surface area contributed by atoms with Crippen LogP contribution in [-0.4, -0.2) is 4.57 Å². The van der Waals surface area contributed by atoms with Crippen LogP contribution in [0.3, 0.4) is 0 Å². The maximum Gasteiger partial charge on any atom is 0.0583 e. The van der Waals surface area contributed by atoms with Crippen molar-refractivity contribution in [2.45, 2.75) is 57.8 Å². The first-order valence-electron chi connectivity index (χ1n) is 24.1. The van der Waals surface area contributed by atoms with Crippen molar-refractivity contribution in [3.63, 3.8) is 0 Å². The fourth-order valence-corrected chi connectivity index (χ4v) is 12.3. The Morgan fingerprint density at radius 2 is 0.657 bits per heavy atom. The average molecular weight is 863 g/mol. The second kappa shape index (κ2) is 14.6. The summed E-state index contributed by atoms with van der Waals surface area (Å²) in [6.07, 6.45) is 6.07. The smallest absolute Gasteiger partial charge is 0.0583 e. The van der Waals surface area contributed by atoms with Crippen molar-refractivity contribution in [1.29, 1.82) is 0 Å². The molecule has 67 heavy (non-hydrogen) atoms. The lowest BCUT2D eigenvalue weighted by molar-refractivity contribution is 0.630. The Balaban J connectivity index is 1.06. The summed E-state index contributed by atoms with van der Waals surface area (Å²) < 4.78 is 2.59. The van der Waals surface area contributed by atoms with Crippen molar-refractivity contribution in [3.05, 3.63) is 239 Å². The predicted octanol–water partition coefficient (Wildman–Crippen LogP) is 16.1. The molecule has 10 aromatic rings. The van der Waals surface area contributed by atoms with Crippen LogP contribution in [0.1, 0.15) is 58.4 Å². The molecular weight excluding hydrogens is 813 g/mol. The maximum absolute atomic E-state index is 2.59. The lowest BCUT2D eigenvalue weighted by Gasteiger charge is -2.37. The molecule has 0 aliphatic carbocycles. The molecule has 4 nitrogen and oxygen atoms in total. The Hall–Kier alpha value is -7.82. The fourth-order valence-electron chi connectivity index (χ4n) is 12.3. The van der Waals surface area contributed by atoms with Gasteiger partial charge in [0, 0.05) is 67.4 Å². The summed E-state index contributed by atoms with van der Waals surface area (Å²) in [6, 6.07) is 73.7. The van der Waals surface area contributed by atoms with Gasteiger partial charge in [0.1, 0.15) is 0 Å². The number of hydrogen-bond donors (Lipinski definition) is 0. The Morgan fingerprint density at radius 1 is 0.313 bits per heavy atom. The highest BCUT2D eigenvalue weighted by molar-refractivity contribution is 6.14. The second-order valence-electron chi connectivity index (χ2n) is 19.5. The standard InChI is InChI=1S/C63H50N4/c1-63(2)52-39-48(65-56-23-11-5-17-43(56)29-30-44-18-6-12-24-57(44)65)34-36-61(52)67-60-35-33-47(64-54-21-9-3-15-41(54)27-28-42-16-4-10-22-55(42)64)37-50(60)51-38-49(40-53(63)62(51)67)66-58-25-13-7-19-45(58)31-32-46-20-8-14-26-59(46)66/h3-26,33-40H,27-32H2,1-2H3. The summed E-state index contributed by atoms with van der Waals surface area (Å²) in [6.45, 7) is 4.92. The number of fused-ring (bicyclic) bond motifs is 11. The van der Waals surface area contributed by atoms with E-state index in [9.17, 15) is 0 Å². The maximum atomic E-state index is 2.59. The predicted molar refractivity (Wildman–Crippen MR) is 279 cm³/mol. The van der Waals surface area contributed by atoms with Crippen molar-refractivity contribution in [1.82, 2.24) is 4.57 Å². The van der Waals surface area contributed by atoms with Gasteiger partial charge in [-0.05, 0) is 168 Å². The fraction of sp³-hybridized carbons (Fsp3) is 0.143. The van der Waals surface area contributed by atoms with Crippen LogP contribution in [0.25, 0.3) is 27.5 Å². The largest absolute Gasteiger partial charge is 0.310 e. The number of benzene rings is 9.